The molecule has 0 aromatic heterocycles. The maximum absolute atomic E-state index is 13.2. The number of urea groups is 1. The Balaban J connectivity index is 1.35. The van der Waals surface area contributed by atoms with Crippen LogP contribution < -0.4 is 10.2 Å². The van der Waals surface area contributed by atoms with Crippen LogP contribution in [0.1, 0.15) is 30.9 Å². The Bertz CT molecular complexity index is 1020. The van der Waals surface area contributed by atoms with Gasteiger partial charge in [-0.05, 0) is 55.2 Å². The van der Waals surface area contributed by atoms with E-state index in [1.165, 1.54) is 11.6 Å². The van der Waals surface area contributed by atoms with Crippen LogP contribution in [0.4, 0.5) is 29.3 Å². The van der Waals surface area contributed by atoms with Crippen LogP contribution in [0.25, 0.3) is 0 Å². The normalized spacial score (nSPS) is 18.8. The van der Waals surface area contributed by atoms with Crippen molar-refractivity contribution in [2.24, 2.45) is 0 Å². The molecule has 0 aliphatic carbocycles. The lowest BCUT2D eigenvalue weighted by Crippen LogP contribution is -2.55. The van der Waals surface area contributed by atoms with E-state index in [1.54, 1.807) is 15.9 Å². The predicted molar refractivity (Wildman–Crippen MR) is 125 cm³/mol. The number of alkyl halides is 3. The first-order valence-corrected chi connectivity index (χ1v) is 11.6. The molecule has 0 spiro atoms. The van der Waals surface area contributed by atoms with Gasteiger partial charge in [0.15, 0.2) is 0 Å². The Kier molecular flexibility index (Phi) is 7.00. The predicted octanol–water partition coefficient (Wildman–Crippen LogP) is 4.61. The number of piperazine rings is 1. The Hall–Kier alpha value is -3.23. The average Bonchev–Trinajstić information content (AvgIpc) is 3.34. The van der Waals surface area contributed by atoms with E-state index >= 15 is 0 Å². The maximum Gasteiger partial charge on any atom is 0.416 e. The van der Waals surface area contributed by atoms with Crippen molar-refractivity contribution < 1.29 is 22.8 Å². The zero-order valence-electron chi connectivity index (χ0n) is 19.1. The van der Waals surface area contributed by atoms with E-state index in [0.29, 0.717) is 50.5 Å². The molecule has 2 aliphatic rings. The summed E-state index contributed by atoms with van der Waals surface area (Å²) in [5, 5.41) is 2.89. The number of rotatable bonds is 4. The Labute approximate surface area is 197 Å². The summed E-state index contributed by atoms with van der Waals surface area (Å²) in [5.41, 5.74) is 1.69. The van der Waals surface area contributed by atoms with Gasteiger partial charge in [0.1, 0.15) is 6.04 Å². The Morgan fingerprint density at radius 1 is 1.00 bits per heavy atom. The van der Waals surface area contributed by atoms with Gasteiger partial charge in [0.2, 0.25) is 5.91 Å². The molecule has 2 aromatic rings. The molecule has 34 heavy (non-hydrogen) atoms. The topological polar surface area (TPSA) is 55.9 Å². The van der Waals surface area contributed by atoms with E-state index in [1.807, 2.05) is 29.2 Å². The van der Waals surface area contributed by atoms with E-state index in [2.05, 4.69) is 12.2 Å². The van der Waals surface area contributed by atoms with Crippen molar-refractivity contribution in [1.82, 2.24) is 9.80 Å². The molecule has 0 bridgehead atoms. The van der Waals surface area contributed by atoms with Crippen molar-refractivity contribution in [2.75, 3.05) is 42.9 Å². The number of hydrogen-bond donors (Lipinski definition) is 1. The number of likely N-dealkylation sites (tertiary alicyclic amines) is 1. The van der Waals surface area contributed by atoms with Crippen molar-refractivity contribution >= 4 is 23.3 Å². The summed E-state index contributed by atoms with van der Waals surface area (Å²) in [7, 11) is 0. The van der Waals surface area contributed by atoms with Crippen molar-refractivity contribution in [2.45, 2.75) is 38.4 Å². The molecule has 3 amide bonds. The second kappa shape index (κ2) is 9.95. The Morgan fingerprint density at radius 2 is 1.71 bits per heavy atom. The van der Waals surface area contributed by atoms with E-state index in [4.69, 9.17) is 0 Å². The second-order valence-corrected chi connectivity index (χ2v) is 8.69. The zero-order chi connectivity index (χ0) is 24.3. The molecule has 0 radical (unpaired) electrons. The fourth-order valence-electron chi connectivity index (χ4n) is 4.56. The first-order valence-electron chi connectivity index (χ1n) is 11.6. The van der Waals surface area contributed by atoms with Gasteiger partial charge in [0.05, 0.1) is 5.56 Å². The van der Waals surface area contributed by atoms with Crippen LogP contribution in [-0.4, -0.2) is 60.5 Å². The summed E-state index contributed by atoms with van der Waals surface area (Å²) in [5.74, 6) is -0.0994. The zero-order valence-corrected chi connectivity index (χ0v) is 19.1. The number of aryl methyl sites for hydroxylation is 1. The Morgan fingerprint density at radius 3 is 2.35 bits per heavy atom. The van der Waals surface area contributed by atoms with Gasteiger partial charge < -0.3 is 20.0 Å². The molecule has 2 aliphatic heterocycles. The first kappa shape index (κ1) is 23.9. The SMILES string of the molecule is CCc1ccc(NC(=O)N2CCCC2C(=O)N2CCN(c3cccc(C(F)(F)F)c3)CC2)cc1. The summed E-state index contributed by atoms with van der Waals surface area (Å²) in [6.07, 6.45) is -2.12. The molecule has 4 rings (SSSR count). The highest BCUT2D eigenvalue weighted by Gasteiger charge is 2.38. The number of halogens is 3. The smallest absolute Gasteiger partial charge is 0.368 e. The quantitative estimate of drug-likeness (QED) is 0.704. The minimum absolute atomic E-state index is 0.0994. The molecule has 1 N–H and O–H groups in total. The fourth-order valence-corrected chi connectivity index (χ4v) is 4.56. The highest BCUT2D eigenvalue weighted by atomic mass is 19.4. The number of nitrogens with one attached hydrogen (secondary N) is 1. The van der Waals surface area contributed by atoms with Crippen LogP contribution in [-0.2, 0) is 17.4 Å². The highest BCUT2D eigenvalue weighted by molar-refractivity contribution is 5.94. The summed E-state index contributed by atoms with van der Waals surface area (Å²) >= 11 is 0. The van der Waals surface area contributed by atoms with Crippen molar-refractivity contribution in [3.63, 3.8) is 0 Å². The molecule has 1 unspecified atom stereocenters. The van der Waals surface area contributed by atoms with Crippen LogP contribution >= 0.6 is 0 Å². The first-order chi connectivity index (χ1) is 16.3. The number of anilines is 2. The summed E-state index contributed by atoms with van der Waals surface area (Å²) in [6.45, 7) is 4.26. The van der Waals surface area contributed by atoms with Gasteiger partial charge in [0, 0.05) is 44.1 Å². The molecule has 9 heteroatoms. The third-order valence-corrected chi connectivity index (χ3v) is 6.54. The van der Waals surface area contributed by atoms with Gasteiger partial charge in [0.25, 0.3) is 0 Å². The van der Waals surface area contributed by atoms with E-state index < -0.39 is 17.8 Å². The van der Waals surface area contributed by atoms with Gasteiger partial charge in [-0.3, -0.25) is 4.79 Å². The van der Waals surface area contributed by atoms with E-state index in [9.17, 15) is 22.8 Å². The number of carbonyl (C=O) groups is 2. The third kappa shape index (κ3) is 5.29. The average molecular weight is 475 g/mol. The van der Waals surface area contributed by atoms with Gasteiger partial charge in [-0.25, -0.2) is 4.79 Å². The van der Waals surface area contributed by atoms with Gasteiger partial charge >= 0.3 is 12.2 Å². The minimum Gasteiger partial charge on any atom is -0.368 e. The van der Waals surface area contributed by atoms with Crippen molar-refractivity contribution in [1.29, 1.82) is 0 Å². The van der Waals surface area contributed by atoms with Crippen molar-refractivity contribution in [3.05, 3.63) is 59.7 Å². The number of carbonyl (C=O) groups excluding carboxylic acids is 2. The highest BCUT2D eigenvalue weighted by Crippen LogP contribution is 2.32. The standard InChI is InChI=1S/C25H29F3N4O2/c1-2-18-8-10-20(11-9-18)29-24(34)32-12-4-7-22(32)23(33)31-15-13-30(14-16-31)21-6-3-5-19(17-21)25(26,27)28/h3,5-6,8-11,17,22H,2,4,7,12-16H2,1H3,(H,29,34). The molecular formula is C25H29F3N4O2. The third-order valence-electron chi connectivity index (χ3n) is 6.54. The molecule has 6 nitrogen and oxygen atoms in total. The molecule has 2 saturated heterocycles. The van der Waals surface area contributed by atoms with Gasteiger partial charge in [-0.2, -0.15) is 13.2 Å². The van der Waals surface area contributed by atoms with Gasteiger partial charge in [-0.1, -0.05) is 25.1 Å². The number of benzene rings is 2. The molecule has 2 heterocycles. The van der Waals surface area contributed by atoms with Crippen LogP contribution in [0.15, 0.2) is 48.5 Å². The lowest BCUT2D eigenvalue weighted by Gasteiger charge is -2.38. The van der Waals surface area contributed by atoms with Crippen LogP contribution in [0.2, 0.25) is 0 Å². The molecule has 182 valence electrons. The second-order valence-electron chi connectivity index (χ2n) is 8.69. The van der Waals surface area contributed by atoms with Crippen LogP contribution in [0.5, 0.6) is 0 Å². The number of hydrogen-bond acceptors (Lipinski definition) is 3. The monoisotopic (exact) mass is 474 g/mol. The summed E-state index contributed by atoms with van der Waals surface area (Å²) < 4.78 is 39.1. The molecule has 2 fully saturated rings. The summed E-state index contributed by atoms with van der Waals surface area (Å²) in [4.78, 5) is 31.2. The van der Waals surface area contributed by atoms with Gasteiger partial charge in [-0.15, -0.1) is 0 Å². The number of nitrogens with zero attached hydrogens (tertiary/aromatic N) is 3. The number of amides is 3. The van der Waals surface area contributed by atoms with Crippen LogP contribution in [0.3, 0.4) is 0 Å². The fraction of sp³-hybridized carbons (Fsp3) is 0.440. The molecule has 2 aromatic carbocycles. The van der Waals surface area contributed by atoms with E-state index in [0.717, 1.165) is 25.0 Å². The molecule has 1 atom stereocenters. The lowest BCUT2D eigenvalue weighted by molar-refractivity contribution is -0.137. The van der Waals surface area contributed by atoms with E-state index in [-0.39, 0.29) is 11.9 Å². The lowest BCUT2D eigenvalue weighted by atomic mass is 10.1. The molecular weight excluding hydrogens is 445 g/mol. The summed E-state index contributed by atoms with van der Waals surface area (Å²) in [6, 6.07) is 12.1. The minimum atomic E-state index is -4.39. The largest absolute Gasteiger partial charge is 0.416 e. The van der Waals surface area contributed by atoms with Crippen LogP contribution in [0, 0.1) is 0 Å². The van der Waals surface area contributed by atoms with Crippen molar-refractivity contribution in [3.8, 4) is 0 Å². The molecule has 0 saturated carbocycles. The maximum atomic E-state index is 13.2.